The standard InChI is InChI=1S/C22H16N2O8/c1-11-9-17(25)31-16-10-13(5-8-15(11)16)23-19-18(21(26)30-2)20(32-22(19)27)12-3-6-14(7-4-12)24(28)29/h3-10,20,23H,1-2H3. The van der Waals surface area contributed by atoms with Gasteiger partial charge in [-0.2, -0.15) is 0 Å². The minimum absolute atomic E-state index is 0.0860. The second-order valence-corrected chi connectivity index (χ2v) is 7.00. The van der Waals surface area contributed by atoms with Crippen LogP contribution in [0, 0.1) is 17.0 Å². The summed E-state index contributed by atoms with van der Waals surface area (Å²) >= 11 is 0. The fraction of sp³-hybridized carbons (Fsp3) is 0.136. The van der Waals surface area contributed by atoms with Crippen molar-refractivity contribution in [3.05, 3.63) is 91.5 Å². The minimum atomic E-state index is -1.11. The van der Waals surface area contributed by atoms with Crippen molar-refractivity contribution >= 4 is 34.3 Å². The van der Waals surface area contributed by atoms with Crippen LogP contribution < -0.4 is 10.9 Å². The molecule has 1 aromatic heterocycles. The number of hydrogen-bond acceptors (Lipinski definition) is 9. The maximum atomic E-state index is 12.6. The Morgan fingerprint density at radius 2 is 1.84 bits per heavy atom. The van der Waals surface area contributed by atoms with Gasteiger partial charge in [0, 0.05) is 35.3 Å². The van der Waals surface area contributed by atoms with Crippen LogP contribution in [-0.4, -0.2) is 24.0 Å². The average Bonchev–Trinajstić information content (AvgIpc) is 3.08. The molecule has 1 aliphatic rings. The molecular formula is C22H16N2O8. The third-order valence-electron chi connectivity index (χ3n) is 4.99. The lowest BCUT2D eigenvalue weighted by Gasteiger charge is -2.13. The molecule has 0 aliphatic carbocycles. The number of rotatable bonds is 5. The first-order valence-electron chi connectivity index (χ1n) is 9.38. The number of aryl methyl sites for hydroxylation is 1. The van der Waals surface area contributed by atoms with Crippen LogP contribution in [0.15, 0.2) is 69.0 Å². The van der Waals surface area contributed by atoms with Crippen LogP contribution in [0.5, 0.6) is 0 Å². The van der Waals surface area contributed by atoms with Crippen LogP contribution in [-0.2, 0) is 19.1 Å². The van der Waals surface area contributed by atoms with Crippen LogP contribution in [0.3, 0.4) is 0 Å². The summed E-state index contributed by atoms with van der Waals surface area (Å²) in [6.07, 6.45) is -1.11. The summed E-state index contributed by atoms with van der Waals surface area (Å²) < 4.78 is 15.4. The molecule has 32 heavy (non-hydrogen) atoms. The van der Waals surface area contributed by atoms with Crippen LogP contribution in [0.4, 0.5) is 11.4 Å². The minimum Gasteiger partial charge on any atom is -0.465 e. The molecule has 0 radical (unpaired) electrons. The van der Waals surface area contributed by atoms with Crippen molar-refractivity contribution in [3.8, 4) is 0 Å². The molecule has 1 atom stereocenters. The number of methoxy groups -OCH3 is 1. The summed E-state index contributed by atoms with van der Waals surface area (Å²) in [6.45, 7) is 1.77. The molecule has 3 aromatic rings. The molecule has 0 amide bonds. The fourth-order valence-electron chi connectivity index (χ4n) is 3.46. The smallest absolute Gasteiger partial charge is 0.356 e. The van der Waals surface area contributed by atoms with Crippen molar-refractivity contribution in [2.45, 2.75) is 13.0 Å². The van der Waals surface area contributed by atoms with Gasteiger partial charge in [0.25, 0.3) is 5.69 Å². The van der Waals surface area contributed by atoms with Gasteiger partial charge in [0.05, 0.1) is 12.0 Å². The summed E-state index contributed by atoms with van der Waals surface area (Å²) in [7, 11) is 1.16. The van der Waals surface area contributed by atoms with E-state index in [-0.39, 0.29) is 17.0 Å². The van der Waals surface area contributed by atoms with Crippen molar-refractivity contribution in [1.82, 2.24) is 0 Å². The third-order valence-corrected chi connectivity index (χ3v) is 4.99. The van der Waals surface area contributed by atoms with E-state index in [0.29, 0.717) is 16.8 Å². The number of nitro benzene ring substituents is 1. The van der Waals surface area contributed by atoms with Crippen molar-refractivity contribution < 1.29 is 28.4 Å². The lowest BCUT2D eigenvalue weighted by Crippen LogP contribution is -2.14. The second kappa shape index (κ2) is 7.99. The van der Waals surface area contributed by atoms with Crippen molar-refractivity contribution in [2.24, 2.45) is 0 Å². The highest BCUT2D eigenvalue weighted by molar-refractivity contribution is 6.06. The van der Waals surface area contributed by atoms with Crippen molar-refractivity contribution in [2.75, 3.05) is 12.4 Å². The zero-order chi connectivity index (χ0) is 23.0. The van der Waals surface area contributed by atoms with Gasteiger partial charge in [-0.1, -0.05) is 0 Å². The summed E-state index contributed by atoms with van der Waals surface area (Å²) in [5, 5.41) is 14.5. The molecule has 4 rings (SSSR count). The molecule has 1 unspecified atom stereocenters. The number of nitrogens with zero attached hydrogens (tertiary/aromatic N) is 1. The van der Waals surface area contributed by atoms with E-state index in [4.69, 9.17) is 13.9 Å². The summed E-state index contributed by atoms with van der Waals surface area (Å²) in [5.41, 5.74) is 0.888. The highest BCUT2D eigenvalue weighted by atomic mass is 16.6. The van der Waals surface area contributed by atoms with Gasteiger partial charge < -0.3 is 19.2 Å². The van der Waals surface area contributed by atoms with E-state index < -0.39 is 28.6 Å². The van der Waals surface area contributed by atoms with Gasteiger partial charge in [-0.3, -0.25) is 10.1 Å². The zero-order valence-electron chi connectivity index (χ0n) is 16.9. The van der Waals surface area contributed by atoms with Crippen molar-refractivity contribution in [1.29, 1.82) is 0 Å². The van der Waals surface area contributed by atoms with Gasteiger partial charge in [-0.15, -0.1) is 0 Å². The molecular weight excluding hydrogens is 420 g/mol. The number of non-ortho nitro benzene ring substituents is 1. The molecule has 2 aromatic carbocycles. The highest BCUT2D eigenvalue weighted by Gasteiger charge is 2.40. The molecule has 0 saturated carbocycles. The second-order valence-electron chi connectivity index (χ2n) is 7.00. The molecule has 10 heteroatoms. The molecule has 1 N–H and O–H groups in total. The fourth-order valence-corrected chi connectivity index (χ4v) is 3.46. The van der Waals surface area contributed by atoms with E-state index >= 15 is 0 Å². The van der Waals surface area contributed by atoms with Gasteiger partial charge >= 0.3 is 17.6 Å². The predicted octanol–water partition coefficient (Wildman–Crippen LogP) is 3.15. The number of hydrogen-bond donors (Lipinski definition) is 1. The molecule has 0 bridgehead atoms. The first-order valence-corrected chi connectivity index (χ1v) is 9.38. The van der Waals surface area contributed by atoms with E-state index in [2.05, 4.69) is 5.32 Å². The van der Waals surface area contributed by atoms with Gasteiger partial charge in [0.2, 0.25) is 0 Å². The molecule has 0 spiro atoms. The number of cyclic esters (lactones) is 1. The predicted molar refractivity (Wildman–Crippen MR) is 112 cm³/mol. The Morgan fingerprint density at radius 3 is 2.50 bits per heavy atom. The van der Waals surface area contributed by atoms with Gasteiger partial charge in [-0.25, -0.2) is 14.4 Å². The monoisotopic (exact) mass is 436 g/mol. The highest BCUT2D eigenvalue weighted by Crippen LogP contribution is 2.37. The third kappa shape index (κ3) is 3.69. The number of carbonyl (C=O) groups is 2. The molecule has 162 valence electrons. The number of fused-ring (bicyclic) bond motifs is 1. The number of carbonyl (C=O) groups excluding carboxylic acids is 2. The summed E-state index contributed by atoms with van der Waals surface area (Å²) in [5.74, 6) is -1.61. The van der Waals surface area contributed by atoms with Crippen LogP contribution in [0.25, 0.3) is 11.0 Å². The molecule has 10 nitrogen and oxygen atoms in total. The molecule has 0 fully saturated rings. The number of benzene rings is 2. The lowest BCUT2D eigenvalue weighted by molar-refractivity contribution is -0.384. The van der Waals surface area contributed by atoms with Crippen LogP contribution in [0.1, 0.15) is 17.2 Å². The number of esters is 2. The Labute approximate surface area is 180 Å². The van der Waals surface area contributed by atoms with E-state index in [0.717, 1.165) is 18.1 Å². The van der Waals surface area contributed by atoms with E-state index in [1.54, 1.807) is 19.1 Å². The quantitative estimate of drug-likeness (QED) is 0.277. The number of nitrogens with one attached hydrogen (secondary N) is 1. The Morgan fingerprint density at radius 1 is 1.12 bits per heavy atom. The van der Waals surface area contributed by atoms with E-state index in [9.17, 15) is 24.5 Å². The van der Waals surface area contributed by atoms with E-state index in [1.165, 1.54) is 36.4 Å². The summed E-state index contributed by atoms with van der Waals surface area (Å²) in [4.78, 5) is 47.1. The Kier molecular flexibility index (Phi) is 5.19. The molecule has 2 heterocycles. The maximum Gasteiger partial charge on any atom is 0.356 e. The van der Waals surface area contributed by atoms with Gasteiger partial charge in [0.15, 0.2) is 6.10 Å². The SMILES string of the molecule is COC(=O)C1=C(Nc2ccc3c(C)cc(=O)oc3c2)C(=O)OC1c1ccc([N+](=O)[O-])cc1. The summed E-state index contributed by atoms with van der Waals surface area (Å²) in [6, 6.07) is 11.6. The molecule has 0 saturated heterocycles. The van der Waals surface area contributed by atoms with Gasteiger partial charge in [0.1, 0.15) is 16.9 Å². The largest absolute Gasteiger partial charge is 0.465 e. The maximum absolute atomic E-state index is 12.6. The van der Waals surface area contributed by atoms with Gasteiger partial charge in [-0.05, 0) is 42.3 Å². The number of ether oxygens (including phenoxy) is 2. The van der Waals surface area contributed by atoms with Crippen LogP contribution in [0.2, 0.25) is 0 Å². The number of nitro groups is 1. The first kappa shape index (κ1) is 20.8. The average molecular weight is 436 g/mol. The number of anilines is 1. The van der Waals surface area contributed by atoms with E-state index in [1.807, 2.05) is 0 Å². The first-order chi connectivity index (χ1) is 15.3. The Hall–Kier alpha value is -4.47. The molecule has 1 aliphatic heterocycles. The van der Waals surface area contributed by atoms with Crippen molar-refractivity contribution in [3.63, 3.8) is 0 Å². The normalized spacial score (nSPS) is 15.6. The topological polar surface area (TPSA) is 138 Å². The van der Waals surface area contributed by atoms with Crippen LogP contribution >= 0.6 is 0 Å². The lowest BCUT2D eigenvalue weighted by atomic mass is 10.0. The Bertz CT molecular complexity index is 1350. The Balaban J connectivity index is 1.76. The zero-order valence-corrected chi connectivity index (χ0v) is 16.9.